The second-order valence-corrected chi connectivity index (χ2v) is 4.47. The van der Waals surface area contributed by atoms with E-state index in [0.717, 1.165) is 0 Å². The lowest BCUT2D eigenvalue weighted by atomic mass is 10.2. The number of nitrogen functional groups attached to an aromatic ring is 1. The van der Waals surface area contributed by atoms with E-state index in [1.807, 2.05) is 0 Å². The summed E-state index contributed by atoms with van der Waals surface area (Å²) in [6, 6.07) is 4.76. The van der Waals surface area contributed by atoms with Crippen LogP contribution in [0.3, 0.4) is 0 Å². The van der Waals surface area contributed by atoms with Crippen LogP contribution in [0.15, 0.2) is 29.3 Å². The molecule has 80 valence electrons. The highest BCUT2D eigenvalue weighted by atomic mass is 79.9. The summed E-state index contributed by atoms with van der Waals surface area (Å²) in [5.74, 6) is -0.249. The Bertz CT molecular complexity index is 406. The van der Waals surface area contributed by atoms with Gasteiger partial charge in [-0.25, -0.2) is 0 Å². The zero-order valence-electron chi connectivity index (χ0n) is 7.89. The number of amides is 1. The van der Waals surface area contributed by atoms with Gasteiger partial charge in [-0.2, -0.15) is 0 Å². The number of halogens is 2. The fourth-order valence-electron chi connectivity index (χ4n) is 0.987. The molecule has 0 bridgehead atoms. The fourth-order valence-corrected chi connectivity index (χ4v) is 1.40. The molecule has 0 unspecified atom stereocenters. The van der Waals surface area contributed by atoms with Crippen molar-refractivity contribution in [3.05, 3.63) is 39.8 Å². The highest BCUT2D eigenvalue weighted by Crippen LogP contribution is 2.18. The number of hydrogen-bond acceptors (Lipinski definition) is 2. The van der Waals surface area contributed by atoms with Gasteiger partial charge in [0.05, 0.1) is 10.6 Å². The molecule has 5 heteroatoms. The van der Waals surface area contributed by atoms with Crippen LogP contribution in [0.2, 0.25) is 5.02 Å². The topological polar surface area (TPSA) is 55.1 Å². The second kappa shape index (κ2) is 5.19. The van der Waals surface area contributed by atoms with Crippen molar-refractivity contribution in [1.29, 1.82) is 0 Å². The van der Waals surface area contributed by atoms with Crippen LogP contribution in [0, 0.1) is 0 Å². The maximum Gasteiger partial charge on any atom is 0.253 e. The monoisotopic (exact) mass is 288 g/mol. The summed E-state index contributed by atoms with van der Waals surface area (Å²) in [6.45, 7) is 3.97. The molecule has 0 heterocycles. The summed E-state index contributed by atoms with van der Waals surface area (Å²) in [4.78, 5) is 11.6. The number of nitrogens with one attached hydrogen (secondary N) is 1. The Morgan fingerprint density at radius 3 is 2.80 bits per heavy atom. The molecule has 1 amide bonds. The van der Waals surface area contributed by atoms with Gasteiger partial charge in [-0.1, -0.05) is 34.1 Å². The van der Waals surface area contributed by atoms with Crippen molar-refractivity contribution in [3.63, 3.8) is 0 Å². The third-order valence-electron chi connectivity index (χ3n) is 1.68. The molecule has 3 N–H and O–H groups in total. The van der Waals surface area contributed by atoms with E-state index in [9.17, 15) is 4.79 Å². The lowest BCUT2D eigenvalue weighted by Gasteiger charge is -2.06. The van der Waals surface area contributed by atoms with Crippen molar-refractivity contribution in [1.82, 2.24) is 5.32 Å². The van der Waals surface area contributed by atoms with Crippen LogP contribution in [0.25, 0.3) is 0 Å². The Labute approximate surface area is 101 Å². The summed E-state index contributed by atoms with van der Waals surface area (Å²) in [7, 11) is 0. The van der Waals surface area contributed by atoms with Gasteiger partial charge in [0, 0.05) is 16.7 Å². The number of anilines is 1. The van der Waals surface area contributed by atoms with Gasteiger partial charge in [0.1, 0.15) is 0 Å². The molecule has 0 radical (unpaired) electrons. The quantitative estimate of drug-likeness (QED) is 0.840. The normalized spacial score (nSPS) is 9.73. The van der Waals surface area contributed by atoms with Gasteiger partial charge in [0.2, 0.25) is 0 Å². The van der Waals surface area contributed by atoms with Crippen molar-refractivity contribution >= 4 is 39.1 Å². The summed E-state index contributed by atoms with van der Waals surface area (Å²) in [5.41, 5.74) is 6.44. The highest BCUT2D eigenvalue weighted by Gasteiger charge is 2.09. The van der Waals surface area contributed by atoms with Crippen LogP contribution >= 0.6 is 27.5 Å². The molecule has 0 fully saturated rings. The van der Waals surface area contributed by atoms with E-state index < -0.39 is 0 Å². The Kier molecular flexibility index (Phi) is 4.17. The number of hydrogen-bond donors (Lipinski definition) is 2. The van der Waals surface area contributed by atoms with E-state index >= 15 is 0 Å². The first-order valence-electron chi connectivity index (χ1n) is 4.17. The van der Waals surface area contributed by atoms with E-state index in [1.54, 1.807) is 18.2 Å². The maximum atomic E-state index is 11.6. The molecule has 0 aliphatic rings. The number of nitrogens with two attached hydrogens (primary N) is 1. The predicted octanol–water partition coefficient (Wildman–Crippen LogP) is 2.56. The molecule has 0 saturated heterocycles. The van der Waals surface area contributed by atoms with Gasteiger partial charge in [-0.15, -0.1) is 0 Å². The number of benzene rings is 1. The number of rotatable bonds is 3. The minimum Gasteiger partial charge on any atom is -0.399 e. The van der Waals surface area contributed by atoms with Gasteiger partial charge < -0.3 is 11.1 Å². The molecule has 0 spiro atoms. The zero-order valence-corrected chi connectivity index (χ0v) is 10.2. The SMILES string of the molecule is C=C(Br)CNC(=O)c1ccc(N)cc1Cl. The van der Waals surface area contributed by atoms with Crippen molar-refractivity contribution in [2.24, 2.45) is 0 Å². The molecule has 1 aromatic carbocycles. The van der Waals surface area contributed by atoms with Gasteiger partial charge in [-0.3, -0.25) is 4.79 Å². The molecule has 15 heavy (non-hydrogen) atoms. The Balaban J connectivity index is 2.78. The van der Waals surface area contributed by atoms with Crippen molar-refractivity contribution in [3.8, 4) is 0 Å². The van der Waals surface area contributed by atoms with Crippen LogP contribution in [0.4, 0.5) is 5.69 Å². The lowest BCUT2D eigenvalue weighted by molar-refractivity contribution is 0.0958. The van der Waals surface area contributed by atoms with Crippen LogP contribution < -0.4 is 11.1 Å². The average molecular weight is 290 g/mol. The highest BCUT2D eigenvalue weighted by molar-refractivity contribution is 9.11. The molecule has 0 atom stereocenters. The molecular weight excluding hydrogens is 279 g/mol. The second-order valence-electron chi connectivity index (χ2n) is 2.94. The molecule has 0 aromatic heterocycles. The lowest BCUT2D eigenvalue weighted by Crippen LogP contribution is -2.24. The number of carbonyl (C=O) groups is 1. The van der Waals surface area contributed by atoms with E-state index in [0.29, 0.717) is 27.3 Å². The molecule has 0 saturated carbocycles. The van der Waals surface area contributed by atoms with Crippen molar-refractivity contribution in [2.75, 3.05) is 12.3 Å². The molecular formula is C10H10BrClN2O. The standard InChI is InChI=1S/C10H10BrClN2O/c1-6(11)5-14-10(15)8-3-2-7(13)4-9(8)12/h2-4H,1,5,13H2,(H,14,15). The fraction of sp³-hybridized carbons (Fsp3) is 0.100. The first-order chi connectivity index (χ1) is 7.00. The molecule has 0 aliphatic heterocycles. The molecule has 0 aliphatic carbocycles. The minimum atomic E-state index is -0.249. The van der Waals surface area contributed by atoms with Crippen LogP contribution in [-0.2, 0) is 0 Å². The Hall–Kier alpha value is -1.00. The van der Waals surface area contributed by atoms with E-state index in [2.05, 4.69) is 27.8 Å². The van der Waals surface area contributed by atoms with Gasteiger partial charge in [0.25, 0.3) is 5.91 Å². The predicted molar refractivity (Wildman–Crippen MR) is 66.3 cm³/mol. The van der Waals surface area contributed by atoms with Gasteiger partial charge in [-0.05, 0) is 18.2 Å². The minimum absolute atomic E-state index is 0.249. The van der Waals surface area contributed by atoms with Crippen LogP contribution in [0.1, 0.15) is 10.4 Å². The van der Waals surface area contributed by atoms with Gasteiger partial charge >= 0.3 is 0 Å². The third kappa shape index (κ3) is 3.57. The summed E-state index contributed by atoms with van der Waals surface area (Å²) < 4.78 is 0.697. The van der Waals surface area contributed by atoms with Crippen molar-refractivity contribution in [2.45, 2.75) is 0 Å². The Morgan fingerprint density at radius 2 is 2.27 bits per heavy atom. The largest absolute Gasteiger partial charge is 0.399 e. The first-order valence-corrected chi connectivity index (χ1v) is 5.34. The number of carbonyl (C=O) groups excluding carboxylic acids is 1. The summed E-state index contributed by atoms with van der Waals surface area (Å²) >= 11 is 9.01. The first kappa shape index (κ1) is 12.1. The Morgan fingerprint density at radius 1 is 1.60 bits per heavy atom. The van der Waals surface area contributed by atoms with Crippen LogP contribution in [-0.4, -0.2) is 12.5 Å². The smallest absolute Gasteiger partial charge is 0.253 e. The molecule has 1 aromatic rings. The average Bonchev–Trinajstić information content (AvgIpc) is 2.14. The maximum absolute atomic E-state index is 11.6. The van der Waals surface area contributed by atoms with Crippen molar-refractivity contribution < 1.29 is 4.79 Å². The van der Waals surface area contributed by atoms with E-state index in [-0.39, 0.29) is 5.91 Å². The van der Waals surface area contributed by atoms with E-state index in [1.165, 1.54) is 0 Å². The summed E-state index contributed by atoms with van der Waals surface area (Å²) in [5, 5.41) is 2.99. The third-order valence-corrected chi connectivity index (χ3v) is 2.27. The molecule has 3 nitrogen and oxygen atoms in total. The molecule has 1 rings (SSSR count). The van der Waals surface area contributed by atoms with Crippen LogP contribution in [0.5, 0.6) is 0 Å². The van der Waals surface area contributed by atoms with Gasteiger partial charge in [0.15, 0.2) is 0 Å². The summed E-state index contributed by atoms with van der Waals surface area (Å²) in [6.07, 6.45) is 0. The zero-order chi connectivity index (χ0) is 11.4. The van der Waals surface area contributed by atoms with E-state index in [4.69, 9.17) is 17.3 Å².